The molecule has 0 spiro atoms. The lowest BCUT2D eigenvalue weighted by atomic mass is 9.69. The average molecular weight is 824 g/mol. The second kappa shape index (κ2) is 13.3. The molecule has 0 bridgehead atoms. The van der Waals surface area contributed by atoms with Gasteiger partial charge >= 0.3 is 0 Å². The molecule has 5 nitrogen and oxygen atoms in total. The summed E-state index contributed by atoms with van der Waals surface area (Å²) in [6, 6.07) is 62.2. The van der Waals surface area contributed by atoms with E-state index in [9.17, 15) is 0 Å². The molecule has 0 saturated heterocycles. The van der Waals surface area contributed by atoms with E-state index in [2.05, 4.69) is 170 Å². The molecule has 0 N–H and O–H groups in total. The Kier molecular flexibility index (Phi) is 7.33. The maximum absolute atomic E-state index is 6.59. The first-order chi connectivity index (χ1) is 31.2. The quantitative estimate of drug-likeness (QED) is 0.173. The molecule has 2 atom stereocenters. The van der Waals surface area contributed by atoms with Gasteiger partial charge in [-0.3, -0.25) is 0 Å². The first-order valence-corrected chi connectivity index (χ1v) is 22.1. The van der Waals surface area contributed by atoms with Gasteiger partial charge in [0.1, 0.15) is 23.0 Å². The summed E-state index contributed by atoms with van der Waals surface area (Å²) in [5.41, 5.74) is 15.6. The van der Waals surface area contributed by atoms with Crippen LogP contribution in [0.25, 0.3) is 110 Å². The van der Waals surface area contributed by atoms with Gasteiger partial charge in [-0.05, 0) is 87.0 Å². The van der Waals surface area contributed by atoms with Crippen LogP contribution in [0.3, 0.4) is 0 Å². The number of benzene rings is 8. The summed E-state index contributed by atoms with van der Waals surface area (Å²) in [6.45, 7) is 0. The Labute approximate surface area is 366 Å². The van der Waals surface area contributed by atoms with Crippen LogP contribution in [0, 0.1) is 0 Å². The van der Waals surface area contributed by atoms with E-state index >= 15 is 0 Å². The fraction of sp³-hybridized carbons (Fsp3) is 0.0351. The van der Waals surface area contributed by atoms with E-state index in [1.807, 2.05) is 18.2 Å². The van der Waals surface area contributed by atoms with Crippen molar-refractivity contribution in [3.8, 4) is 62.2 Å². The number of hydrogen-bond donors (Lipinski definition) is 0. The minimum atomic E-state index is -0.0265. The maximum Gasteiger partial charge on any atom is 0.165 e. The predicted molar refractivity (Wildman–Crippen MR) is 257 cm³/mol. The van der Waals surface area contributed by atoms with Crippen molar-refractivity contribution in [2.24, 2.45) is 0 Å². The van der Waals surface area contributed by atoms with E-state index < -0.39 is 0 Å². The molecular weight excluding hydrogens is 791 g/mol. The van der Waals surface area contributed by atoms with E-state index in [4.69, 9.17) is 24.1 Å². The van der Waals surface area contributed by atoms with Gasteiger partial charge < -0.3 is 9.15 Å². The van der Waals surface area contributed by atoms with Gasteiger partial charge in [-0.25, -0.2) is 15.0 Å². The van der Waals surface area contributed by atoms with Gasteiger partial charge in [-0.2, -0.15) is 0 Å². The lowest BCUT2D eigenvalue weighted by Crippen LogP contribution is -2.23. The largest absolute Gasteiger partial charge is 0.485 e. The van der Waals surface area contributed by atoms with Crippen molar-refractivity contribution >= 4 is 64.6 Å². The Hall–Kier alpha value is -7.93. The number of para-hydroxylation sites is 1. The molecule has 294 valence electrons. The lowest BCUT2D eigenvalue weighted by molar-refractivity contribution is 0.272. The smallest absolute Gasteiger partial charge is 0.165 e. The first kappa shape index (κ1) is 34.7. The summed E-state index contributed by atoms with van der Waals surface area (Å²) >= 11 is 1.78. The highest BCUT2D eigenvalue weighted by molar-refractivity contribution is 7.26. The monoisotopic (exact) mass is 823 g/mol. The summed E-state index contributed by atoms with van der Waals surface area (Å²) in [5, 5.41) is 4.59. The second-order valence-corrected chi connectivity index (χ2v) is 17.6. The highest BCUT2D eigenvalue weighted by Gasteiger charge is 2.44. The molecule has 63 heavy (non-hydrogen) atoms. The molecule has 0 amide bonds. The fourth-order valence-corrected chi connectivity index (χ4v) is 11.5. The molecule has 11 aromatic rings. The van der Waals surface area contributed by atoms with E-state index in [-0.39, 0.29) is 12.0 Å². The molecule has 3 aromatic heterocycles. The molecule has 0 saturated carbocycles. The molecule has 3 aliphatic rings. The SMILES string of the molecule is C1=CC2Oc3cccc4c3C2C(=C1c1ccccc1-c1ccc(-c2nc(-c3ccc5c(c3)oc3ccccc35)nc(-c3cccc5c3sc3ccccc35)n2)cc1)c1ccccc1-4. The van der Waals surface area contributed by atoms with Gasteiger partial charge in [-0.15, -0.1) is 11.3 Å². The third-order valence-corrected chi connectivity index (χ3v) is 14.3. The third kappa shape index (κ3) is 5.19. The van der Waals surface area contributed by atoms with Crippen molar-refractivity contribution in [1.82, 2.24) is 15.0 Å². The summed E-state index contributed by atoms with van der Waals surface area (Å²) in [6.07, 6.45) is 4.51. The molecular formula is C57H33N3O2S. The van der Waals surface area contributed by atoms with Crippen molar-refractivity contribution in [2.45, 2.75) is 12.0 Å². The number of allylic oxidation sites excluding steroid dienone is 2. The highest BCUT2D eigenvalue weighted by Crippen LogP contribution is 2.59. The Bertz CT molecular complexity index is 3800. The molecule has 4 heterocycles. The van der Waals surface area contributed by atoms with Gasteiger partial charge in [0.05, 0.1) is 5.92 Å². The Morgan fingerprint density at radius 1 is 0.444 bits per heavy atom. The van der Waals surface area contributed by atoms with Crippen LogP contribution in [-0.4, -0.2) is 21.1 Å². The maximum atomic E-state index is 6.59. The number of hydrogen-bond acceptors (Lipinski definition) is 6. The fourth-order valence-electron chi connectivity index (χ4n) is 10.3. The molecule has 6 heteroatoms. The molecule has 1 aliphatic heterocycles. The van der Waals surface area contributed by atoms with Gasteiger partial charge in [0.25, 0.3) is 0 Å². The van der Waals surface area contributed by atoms with E-state index in [0.29, 0.717) is 17.5 Å². The number of fused-ring (bicyclic) bond motifs is 9. The van der Waals surface area contributed by atoms with Crippen LogP contribution in [0.4, 0.5) is 0 Å². The minimum Gasteiger partial charge on any atom is -0.485 e. The third-order valence-electron chi connectivity index (χ3n) is 13.1. The zero-order valence-electron chi connectivity index (χ0n) is 33.6. The summed E-state index contributed by atoms with van der Waals surface area (Å²) < 4.78 is 15.3. The van der Waals surface area contributed by atoms with Crippen LogP contribution in [0.15, 0.2) is 192 Å². The Morgan fingerprint density at radius 2 is 1.08 bits per heavy atom. The minimum absolute atomic E-state index is 0.0265. The normalized spacial score (nSPS) is 15.9. The predicted octanol–water partition coefficient (Wildman–Crippen LogP) is 14.8. The average Bonchev–Trinajstić information content (AvgIpc) is 4.05. The zero-order valence-corrected chi connectivity index (χ0v) is 34.4. The standard InChI is InChI=1S/C57H33N3O2S/c1-2-12-36(43-29-30-48-53-51(43)41-16-4-3-13-37(41)42-17-10-21-47(62-48)52(42)53)35(11-1)32-23-25-33(26-24-32)55-58-56(34-27-28-39-38-14-5-7-20-46(38)61-49(39)31-34)60-57(59-55)45-19-9-18-44-40-15-6-8-22-50(40)63-54(44)45/h1-31,48,53H. The van der Waals surface area contributed by atoms with Gasteiger partial charge in [0.15, 0.2) is 17.5 Å². The number of furan rings is 1. The Balaban J connectivity index is 0.909. The number of rotatable bonds is 5. The van der Waals surface area contributed by atoms with Crippen LogP contribution >= 0.6 is 11.3 Å². The lowest BCUT2D eigenvalue weighted by Gasteiger charge is -2.33. The number of nitrogens with zero attached hydrogens (tertiary/aromatic N) is 3. The zero-order chi connectivity index (χ0) is 41.2. The van der Waals surface area contributed by atoms with Gasteiger partial charge in [-0.1, -0.05) is 146 Å². The highest BCUT2D eigenvalue weighted by atomic mass is 32.1. The topological polar surface area (TPSA) is 61.0 Å². The van der Waals surface area contributed by atoms with Crippen molar-refractivity contribution in [1.29, 1.82) is 0 Å². The van der Waals surface area contributed by atoms with E-state index in [1.54, 1.807) is 11.3 Å². The molecule has 0 radical (unpaired) electrons. The molecule has 2 unspecified atom stereocenters. The Morgan fingerprint density at radius 3 is 1.97 bits per heavy atom. The van der Waals surface area contributed by atoms with E-state index in [0.717, 1.165) is 60.2 Å². The summed E-state index contributed by atoms with van der Waals surface area (Å²) in [4.78, 5) is 15.6. The van der Waals surface area contributed by atoms with Crippen molar-refractivity contribution in [3.63, 3.8) is 0 Å². The number of aromatic nitrogens is 3. The van der Waals surface area contributed by atoms with Crippen LogP contribution in [-0.2, 0) is 0 Å². The number of ether oxygens (including phenoxy) is 1. The van der Waals surface area contributed by atoms with Crippen molar-refractivity contribution in [3.05, 3.63) is 205 Å². The molecule has 14 rings (SSSR count). The first-order valence-electron chi connectivity index (χ1n) is 21.3. The van der Waals surface area contributed by atoms with Crippen molar-refractivity contribution in [2.75, 3.05) is 0 Å². The summed E-state index contributed by atoms with van der Waals surface area (Å²) in [7, 11) is 0. The van der Waals surface area contributed by atoms with Gasteiger partial charge in [0, 0.05) is 53.2 Å². The number of thiophene rings is 1. The molecule has 0 fully saturated rings. The molecule has 8 aromatic carbocycles. The van der Waals surface area contributed by atoms with Crippen LogP contribution in [0.2, 0.25) is 0 Å². The summed E-state index contributed by atoms with van der Waals surface area (Å²) in [5.74, 6) is 2.96. The van der Waals surface area contributed by atoms with Crippen LogP contribution in [0.1, 0.15) is 22.6 Å². The second-order valence-electron chi connectivity index (χ2n) is 16.5. The van der Waals surface area contributed by atoms with Crippen LogP contribution in [0.5, 0.6) is 5.75 Å². The van der Waals surface area contributed by atoms with E-state index in [1.165, 1.54) is 54.4 Å². The van der Waals surface area contributed by atoms with Crippen molar-refractivity contribution < 1.29 is 9.15 Å². The molecule has 2 aliphatic carbocycles. The van der Waals surface area contributed by atoms with Gasteiger partial charge in [0.2, 0.25) is 0 Å². The van der Waals surface area contributed by atoms with Crippen LogP contribution < -0.4 is 4.74 Å².